The molecular formula is C14H29NO. The highest BCUT2D eigenvalue weighted by Crippen LogP contribution is 2.27. The topological polar surface area (TPSA) is 23.5 Å². The fourth-order valence-electron chi connectivity index (χ4n) is 2.12. The molecule has 0 aromatic rings. The molecule has 1 fully saturated rings. The van der Waals surface area contributed by atoms with Gasteiger partial charge in [0, 0.05) is 12.6 Å². The van der Waals surface area contributed by atoms with Gasteiger partial charge in [-0.15, -0.1) is 0 Å². The van der Waals surface area contributed by atoms with Crippen molar-refractivity contribution >= 4 is 0 Å². The summed E-state index contributed by atoms with van der Waals surface area (Å²) in [5.74, 6) is 0.829. The number of unbranched alkanes of at least 4 members (excludes halogenated alkanes) is 3. The van der Waals surface area contributed by atoms with E-state index in [2.05, 4.69) is 18.7 Å². The van der Waals surface area contributed by atoms with Crippen LogP contribution in [0.2, 0.25) is 0 Å². The van der Waals surface area contributed by atoms with Gasteiger partial charge < -0.3 is 10.0 Å². The van der Waals surface area contributed by atoms with Gasteiger partial charge in [0.1, 0.15) is 0 Å². The molecule has 0 amide bonds. The number of rotatable bonds is 10. The minimum Gasteiger partial charge on any atom is -0.396 e. The van der Waals surface area contributed by atoms with Gasteiger partial charge in [0.25, 0.3) is 0 Å². The van der Waals surface area contributed by atoms with Crippen LogP contribution in [0.1, 0.15) is 58.8 Å². The molecule has 0 unspecified atom stereocenters. The van der Waals surface area contributed by atoms with Gasteiger partial charge in [0.15, 0.2) is 0 Å². The van der Waals surface area contributed by atoms with Crippen LogP contribution in [0.3, 0.4) is 0 Å². The van der Waals surface area contributed by atoms with Crippen LogP contribution in [0.4, 0.5) is 0 Å². The van der Waals surface area contributed by atoms with Crippen LogP contribution < -0.4 is 0 Å². The minimum atomic E-state index is 0.361. The third-order valence-corrected chi connectivity index (χ3v) is 3.41. The smallest absolute Gasteiger partial charge is 0.0431 e. The van der Waals surface area contributed by atoms with Gasteiger partial charge in [-0.1, -0.05) is 26.7 Å². The Balaban J connectivity index is 2.04. The highest BCUT2D eigenvalue weighted by atomic mass is 16.2. The van der Waals surface area contributed by atoms with Crippen molar-refractivity contribution in [2.75, 3.05) is 19.7 Å². The number of hydrogen-bond acceptors (Lipinski definition) is 2. The van der Waals surface area contributed by atoms with Crippen molar-refractivity contribution in [2.45, 2.75) is 64.8 Å². The zero-order valence-electron chi connectivity index (χ0n) is 11.1. The summed E-state index contributed by atoms with van der Waals surface area (Å²) in [6, 6.07) is 0.914. The first-order valence-electron chi connectivity index (χ1n) is 7.09. The Kier molecular flexibility index (Phi) is 7.06. The van der Waals surface area contributed by atoms with Crippen molar-refractivity contribution in [3.8, 4) is 0 Å². The fourth-order valence-corrected chi connectivity index (χ4v) is 2.12. The highest BCUT2D eigenvalue weighted by molar-refractivity contribution is 4.84. The van der Waals surface area contributed by atoms with E-state index < -0.39 is 0 Å². The first-order chi connectivity index (χ1) is 7.74. The van der Waals surface area contributed by atoms with Gasteiger partial charge in [-0.05, 0) is 51.1 Å². The van der Waals surface area contributed by atoms with Gasteiger partial charge in [-0.2, -0.15) is 0 Å². The number of hydrogen-bond donors (Lipinski definition) is 1. The van der Waals surface area contributed by atoms with E-state index in [4.69, 9.17) is 5.11 Å². The summed E-state index contributed by atoms with van der Waals surface area (Å²) in [4.78, 5) is 2.69. The zero-order valence-corrected chi connectivity index (χ0v) is 11.1. The Labute approximate surface area is 101 Å². The maximum absolute atomic E-state index is 8.71. The molecular weight excluding hydrogens is 198 g/mol. The first kappa shape index (κ1) is 14.0. The first-order valence-corrected chi connectivity index (χ1v) is 7.09. The largest absolute Gasteiger partial charge is 0.396 e. The molecule has 0 spiro atoms. The van der Waals surface area contributed by atoms with E-state index in [1.807, 2.05) is 0 Å². The van der Waals surface area contributed by atoms with Crippen LogP contribution >= 0.6 is 0 Å². The second-order valence-corrected chi connectivity index (χ2v) is 5.59. The third kappa shape index (κ3) is 6.49. The van der Waals surface area contributed by atoms with Gasteiger partial charge in [0.05, 0.1) is 0 Å². The van der Waals surface area contributed by atoms with Crippen LogP contribution in [-0.4, -0.2) is 35.7 Å². The van der Waals surface area contributed by atoms with E-state index in [0.717, 1.165) is 18.4 Å². The molecule has 96 valence electrons. The molecule has 1 aliphatic carbocycles. The zero-order chi connectivity index (χ0) is 11.8. The predicted octanol–water partition coefficient (Wildman–Crippen LogP) is 3.05. The maximum Gasteiger partial charge on any atom is 0.0431 e. The lowest BCUT2D eigenvalue weighted by Crippen LogP contribution is -2.29. The van der Waals surface area contributed by atoms with E-state index in [9.17, 15) is 0 Å². The summed E-state index contributed by atoms with van der Waals surface area (Å²) in [6.45, 7) is 7.56. The van der Waals surface area contributed by atoms with Crippen molar-refractivity contribution < 1.29 is 5.11 Å². The van der Waals surface area contributed by atoms with E-state index in [-0.39, 0.29) is 0 Å². The molecule has 0 aliphatic heterocycles. The Bertz CT molecular complexity index is 166. The van der Waals surface area contributed by atoms with E-state index in [1.54, 1.807) is 0 Å². The third-order valence-electron chi connectivity index (χ3n) is 3.41. The maximum atomic E-state index is 8.71. The highest BCUT2D eigenvalue weighted by Gasteiger charge is 2.27. The normalized spacial score (nSPS) is 16.3. The molecule has 0 radical (unpaired) electrons. The molecule has 1 aliphatic rings. The number of aliphatic hydroxyl groups is 1. The second kappa shape index (κ2) is 8.08. The van der Waals surface area contributed by atoms with Crippen molar-refractivity contribution in [1.82, 2.24) is 4.90 Å². The van der Waals surface area contributed by atoms with E-state index in [0.29, 0.717) is 6.61 Å². The van der Waals surface area contributed by atoms with Crippen LogP contribution in [0, 0.1) is 5.92 Å². The summed E-state index contributed by atoms with van der Waals surface area (Å²) < 4.78 is 0. The molecule has 2 heteroatoms. The lowest BCUT2D eigenvalue weighted by atomic mass is 10.1. The lowest BCUT2D eigenvalue weighted by molar-refractivity contribution is 0.239. The lowest BCUT2D eigenvalue weighted by Gasteiger charge is -2.22. The fraction of sp³-hybridized carbons (Fsp3) is 1.00. The molecule has 0 saturated heterocycles. The molecule has 0 aromatic heterocycles. The number of nitrogens with zero attached hydrogens (tertiary/aromatic N) is 1. The Hall–Kier alpha value is -0.0800. The molecule has 0 atom stereocenters. The van der Waals surface area contributed by atoms with Crippen molar-refractivity contribution in [3.05, 3.63) is 0 Å². The number of aliphatic hydroxyl groups excluding tert-OH is 1. The second-order valence-electron chi connectivity index (χ2n) is 5.59. The Morgan fingerprint density at radius 2 is 1.75 bits per heavy atom. The Morgan fingerprint density at radius 3 is 2.31 bits per heavy atom. The van der Waals surface area contributed by atoms with E-state index in [1.165, 1.54) is 51.6 Å². The van der Waals surface area contributed by atoms with Gasteiger partial charge in [-0.3, -0.25) is 0 Å². The van der Waals surface area contributed by atoms with Crippen LogP contribution in [0.5, 0.6) is 0 Å². The van der Waals surface area contributed by atoms with E-state index >= 15 is 0 Å². The molecule has 0 aromatic carbocycles. The Morgan fingerprint density at radius 1 is 1.06 bits per heavy atom. The molecule has 1 rings (SSSR count). The molecule has 16 heavy (non-hydrogen) atoms. The summed E-state index contributed by atoms with van der Waals surface area (Å²) in [5.41, 5.74) is 0. The minimum absolute atomic E-state index is 0.361. The summed E-state index contributed by atoms with van der Waals surface area (Å²) in [5, 5.41) is 8.71. The van der Waals surface area contributed by atoms with Gasteiger partial charge in [0.2, 0.25) is 0 Å². The molecule has 2 nitrogen and oxygen atoms in total. The summed E-state index contributed by atoms with van der Waals surface area (Å²) >= 11 is 0. The average Bonchev–Trinajstić information content (AvgIpc) is 3.05. The summed E-state index contributed by atoms with van der Waals surface area (Å²) in [7, 11) is 0. The van der Waals surface area contributed by atoms with Crippen LogP contribution in [0.25, 0.3) is 0 Å². The quantitative estimate of drug-likeness (QED) is 0.580. The molecule has 1 saturated carbocycles. The van der Waals surface area contributed by atoms with Crippen molar-refractivity contribution in [3.63, 3.8) is 0 Å². The van der Waals surface area contributed by atoms with Gasteiger partial charge in [-0.25, -0.2) is 0 Å². The summed E-state index contributed by atoms with van der Waals surface area (Å²) in [6.07, 6.45) is 8.96. The average molecular weight is 227 g/mol. The molecule has 1 N–H and O–H groups in total. The van der Waals surface area contributed by atoms with Gasteiger partial charge >= 0.3 is 0 Å². The monoisotopic (exact) mass is 227 g/mol. The van der Waals surface area contributed by atoms with Crippen LogP contribution in [0.15, 0.2) is 0 Å². The van der Waals surface area contributed by atoms with Crippen molar-refractivity contribution in [2.24, 2.45) is 5.92 Å². The standard InChI is InChI=1S/C14H29NO/c1-13(2)9-11-15(14-7-8-14)10-5-3-4-6-12-16/h13-14,16H,3-12H2,1-2H3. The van der Waals surface area contributed by atoms with Crippen molar-refractivity contribution in [1.29, 1.82) is 0 Å². The predicted molar refractivity (Wildman–Crippen MR) is 69.6 cm³/mol. The SMILES string of the molecule is CC(C)CCN(CCCCCCO)C1CC1. The van der Waals surface area contributed by atoms with Crippen LogP contribution in [-0.2, 0) is 0 Å². The molecule has 0 heterocycles. The molecule has 0 bridgehead atoms.